The maximum absolute atomic E-state index is 13.3. The van der Waals surface area contributed by atoms with Gasteiger partial charge in [0.15, 0.2) is 17.1 Å². The number of benzene rings is 2. The monoisotopic (exact) mass is 460 g/mol. The number of amides is 1. The van der Waals surface area contributed by atoms with Gasteiger partial charge in [-0.25, -0.2) is 4.98 Å². The van der Waals surface area contributed by atoms with Gasteiger partial charge in [0.25, 0.3) is 5.91 Å². The lowest BCUT2D eigenvalue weighted by Gasteiger charge is -2.12. The zero-order chi connectivity index (χ0) is 24.1. The van der Waals surface area contributed by atoms with Crippen LogP contribution in [0.2, 0.25) is 0 Å². The summed E-state index contributed by atoms with van der Waals surface area (Å²) in [5.74, 6) is 1.78. The van der Waals surface area contributed by atoms with Crippen molar-refractivity contribution in [2.75, 3.05) is 27.9 Å². The topological polar surface area (TPSA) is 98.4 Å². The highest BCUT2D eigenvalue weighted by atomic mass is 16.5. The molecule has 0 saturated heterocycles. The molecule has 0 aliphatic rings. The van der Waals surface area contributed by atoms with Gasteiger partial charge in [-0.05, 0) is 55.0 Å². The van der Waals surface area contributed by atoms with Crippen LogP contribution in [-0.4, -0.2) is 49.0 Å². The number of rotatable bonds is 9. The quantitative estimate of drug-likeness (QED) is 0.347. The predicted molar refractivity (Wildman–Crippen MR) is 132 cm³/mol. The van der Waals surface area contributed by atoms with Gasteiger partial charge in [0.2, 0.25) is 0 Å². The van der Waals surface area contributed by atoms with E-state index in [9.17, 15) is 4.79 Å². The second-order valence-electron chi connectivity index (χ2n) is 7.76. The molecule has 8 heteroatoms. The number of carbonyl (C=O) groups is 1. The number of hydrogen-bond acceptors (Lipinski definition) is 6. The van der Waals surface area contributed by atoms with Gasteiger partial charge in [0, 0.05) is 17.7 Å². The third-order valence-electron chi connectivity index (χ3n) is 5.64. The van der Waals surface area contributed by atoms with Gasteiger partial charge in [-0.15, -0.1) is 0 Å². The Morgan fingerprint density at radius 1 is 0.941 bits per heavy atom. The fraction of sp³-hybridized carbons (Fsp3) is 0.269. The molecule has 34 heavy (non-hydrogen) atoms. The molecule has 4 rings (SSSR count). The lowest BCUT2D eigenvalue weighted by atomic mass is 10.0. The minimum atomic E-state index is -0.168. The number of nitrogens with one attached hydrogen (secondary N) is 2. The molecule has 4 aromatic rings. The van der Waals surface area contributed by atoms with Gasteiger partial charge in [-0.1, -0.05) is 13.3 Å². The lowest BCUT2D eigenvalue weighted by Crippen LogP contribution is -2.24. The summed E-state index contributed by atoms with van der Waals surface area (Å²) in [6, 6.07) is 14.9. The number of pyridine rings is 1. The van der Waals surface area contributed by atoms with Crippen molar-refractivity contribution in [1.82, 2.24) is 20.5 Å². The molecule has 0 atom stereocenters. The number of ether oxygens (including phenoxy) is 3. The van der Waals surface area contributed by atoms with Crippen LogP contribution in [0.25, 0.3) is 33.5 Å². The zero-order valence-corrected chi connectivity index (χ0v) is 19.8. The van der Waals surface area contributed by atoms with Crippen LogP contribution >= 0.6 is 0 Å². The fourth-order valence-corrected chi connectivity index (χ4v) is 3.79. The maximum atomic E-state index is 13.3. The second-order valence-corrected chi connectivity index (χ2v) is 7.76. The summed E-state index contributed by atoms with van der Waals surface area (Å²) >= 11 is 0. The number of hydrogen-bond donors (Lipinski definition) is 2. The van der Waals surface area contributed by atoms with Crippen molar-refractivity contribution in [3.63, 3.8) is 0 Å². The minimum Gasteiger partial charge on any atom is -0.497 e. The summed E-state index contributed by atoms with van der Waals surface area (Å²) in [6.07, 6.45) is 1.89. The largest absolute Gasteiger partial charge is 0.497 e. The van der Waals surface area contributed by atoms with Gasteiger partial charge in [0.05, 0.1) is 43.7 Å². The number of aromatic nitrogens is 3. The van der Waals surface area contributed by atoms with E-state index in [1.54, 1.807) is 27.4 Å². The molecule has 2 N–H and O–H groups in total. The highest BCUT2D eigenvalue weighted by molar-refractivity contribution is 6.11. The van der Waals surface area contributed by atoms with Crippen molar-refractivity contribution in [1.29, 1.82) is 0 Å². The first-order chi connectivity index (χ1) is 16.6. The van der Waals surface area contributed by atoms with E-state index in [4.69, 9.17) is 19.2 Å². The van der Waals surface area contributed by atoms with E-state index in [1.807, 2.05) is 42.5 Å². The van der Waals surface area contributed by atoms with Gasteiger partial charge in [0.1, 0.15) is 5.75 Å². The van der Waals surface area contributed by atoms with Gasteiger partial charge in [-0.3, -0.25) is 9.89 Å². The normalized spacial score (nSPS) is 10.8. The molecule has 0 radical (unpaired) electrons. The Kier molecular flexibility index (Phi) is 6.96. The van der Waals surface area contributed by atoms with Crippen LogP contribution in [0.5, 0.6) is 17.2 Å². The van der Waals surface area contributed by atoms with Gasteiger partial charge in [-0.2, -0.15) is 5.10 Å². The van der Waals surface area contributed by atoms with E-state index in [2.05, 4.69) is 22.4 Å². The highest BCUT2D eigenvalue weighted by Crippen LogP contribution is 2.35. The summed E-state index contributed by atoms with van der Waals surface area (Å²) in [6.45, 7) is 2.68. The molecule has 1 amide bonds. The van der Waals surface area contributed by atoms with E-state index < -0.39 is 0 Å². The third kappa shape index (κ3) is 4.52. The summed E-state index contributed by atoms with van der Waals surface area (Å²) in [5.41, 5.74) is 3.97. The molecule has 2 aromatic carbocycles. The van der Waals surface area contributed by atoms with Crippen molar-refractivity contribution in [2.24, 2.45) is 0 Å². The summed E-state index contributed by atoms with van der Waals surface area (Å²) < 4.78 is 16.1. The number of fused-ring (bicyclic) bond motifs is 1. The molecule has 0 spiro atoms. The van der Waals surface area contributed by atoms with Crippen LogP contribution in [0.3, 0.4) is 0 Å². The summed E-state index contributed by atoms with van der Waals surface area (Å²) in [5, 5.41) is 11.2. The Hall–Kier alpha value is -4.07. The second kappa shape index (κ2) is 10.2. The first-order valence-corrected chi connectivity index (χ1v) is 11.1. The molecule has 0 saturated carbocycles. The first kappa shape index (κ1) is 23.1. The van der Waals surface area contributed by atoms with Gasteiger partial charge >= 0.3 is 0 Å². The van der Waals surface area contributed by atoms with Crippen molar-refractivity contribution >= 4 is 16.9 Å². The molecule has 2 aromatic heterocycles. The summed E-state index contributed by atoms with van der Waals surface area (Å²) in [4.78, 5) is 18.0. The van der Waals surface area contributed by atoms with E-state index in [0.717, 1.165) is 35.4 Å². The Morgan fingerprint density at radius 2 is 1.68 bits per heavy atom. The van der Waals surface area contributed by atoms with Crippen LogP contribution in [0.15, 0.2) is 48.5 Å². The number of carbonyl (C=O) groups excluding carboxylic acids is 1. The molecular weight excluding hydrogens is 432 g/mol. The molecule has 176 valence electrons. The Morgan fingerprint density at radius 3 is 2.35 bits per heavy atom. The number of aromatic amines is 1. The number of methoxy groups -OCH3 is 3. The van der Waals surface area contributed by atoms with Crippen LogP contribution in [0, 0.1) is 0 Å². The number of nitrogens with zero attached hydrogens (tertiary/aromatic N) is 2. The SMILES string of the molecule is CCCCNC(=O)c1cc(-c2ccc(OC)c(OC)c2)nc2n[nH]c(-c3ccc(OC)cc3)c12. The molecule has 8 nitrogen and oxygen atoms in total. The van der Waals surface area contributed by atoms with Crippen LogP contribution in [0.1, 0.15) is 30.1 Å². The smallest absolute Gasteiger partial charge is 0.252 e. The van der Waals surface area contributed by atoms with E-state index >= 15 is 0 Å². The van der Waals surface area contributed by atoms with Crippen LogP contribution in [-0.2, 0) is 0 Å². The molecule has 0 fully saturated rings. The van der Waals surface area contributed by atoms with Crippen LogP contribution in [0.4, 0.5) is 0 Å². The Balaban J connectivity index is 1.86. The maximum Gasteiger partial charge on any atom is 0.252 e. The molecule has 0 aliphatic carbocycles. The minimum absolute atomic E-state index is 0.168. The number of H-pyrrole nitrogens is 1. The van der Waals surface area contributed by atoms with E-state index in [0.29, 0.717) is 40.3 Å². The molecule has 0 aliphatic heterocycles. The fourth-order valence-electron chi connectivity index (χ4n) is 3.79. The van der Waals surface area contributed by atoms with Gasteiger partial charge < -0.3 is 19.5 Å². The zero-order valence-electron chi connectivity index (χ0n) is 19.8. The predicted octanol–water partition coefficient (Wildman–Crippen LogP) is 4.85. The van der Waals surface area contributed by atoms with Crippen molar-refractivity contribution in [3.8, 4) is 39.8 Å². The van der Waals surface area contributed by atoms with Crippen LogP contribution < -0.4 is 19.5 Å². The van der Waals surface area contributed by atoms with E-state index in [-0.39, 0.29) is 5.91 Å². The molecule has 0 bridgehead atoms. The van der Waals surface area contributed by atoms with E-state index in [1.165, 1.54) is 0 Å². The Labute approximate surface area is 198 Å². The first-order valence-electron chi connectivity index (χ1n) is 11.1. The molecule has 0 unspecified atom stereocenters. The average Bonchev–Trinajstić information content (AvgIpc) is 3.32. The molecule has 2 heterocycles. The summed E-state index contributed by atoms with van der Waals surface area (Å²) in [7, 11) is 4.80. The Bertz CT molecular complexity index is 1300. The standard InChI is InChI=1S/C26H28N4O4/c1-5-6-13-27-26(31)19-15-20(17-9-12-21(33-3)22(14-17)34-4)28-25-23(19)24(29-30-25)16-7-10-18(32-2)11-8-16/h7-12,14-15H,5-6,13H2,1-4H3,(H,27,31)(H,28,29,30). The molecular formula is C26H28N4O4. The van der Waals surface area contributed by atoms with Crippen molar-refractivity contribution in [2.45, 2.75) is 19.8 Å². The number of unbranched alkanes of at least 4 members (excludes halogenated alkanes) is 1. The van der Waals surface area contributed by atoms with Crippen molar-refractivity contribution in [3.05, 3.63) is 54.1 Å². The third-order valence-corrected chi connectivity index (χ3v) is 5.64. The average molecular weight is 461 g/mol. The van der Waals surface area contributed by atoms with Crippen molar-refractivity contribution < 1.29 is 19.0 Å². The highest BCUT2D eigenvalue weighted by Gasteiger charge is 2.21. The lowest BCUT2D eigenvalue weighted by molar-refractivity contribution is 0.0955.